The van der Waals surface area contributed by atoms with Gasteiger partial charge in [0.25, 0.3) is 0 Å². The zero-order valence-electron chi connectivity index (χ0n) is 9.35. The molecule has 1 saturated heterocycles. The van der Waals surface area contributed by atoms with E-state index in [0.29, 0.717) is 11.6 Å². The van der Waals surface area contributed by atoms with Crippen LogP contribution in [0.5, 0.6) is 0 Å². The Labute approximate surface area is 95.0 Å². The largest absolute Gasteiger partial charge is 0.457 e. The SMILES string of the molecule is CC(OC(=O)c1cccnc1)C1CCCN1. The standard InChI is InChI=1S/C12H16N2O2/c1-9(11-5-3-7-14-11)16-12(15)10-4-2-6-13-8-10/h2,4,6,8-9,11,14H,3,5,7H2,1H3. The molecule has 1 aromatic heterocycles. The summed E-state index contributed by atoms with van der Waals surface area (Å²) in [6.07, 6.45) is 5.30. The highest BCUT2D eigenvalue weighted by molar-refractivity contribution is 5.89. The van der Waals surface area contributed by atoms with E-state index in [1.54, 1.807) is 18.3 Å². The summed E-state index contributed by atoms with van der Waals surface area (Å²) in [6.45, 7) is 2.94. The number of nitrogens with zero attached hydrogens (tertiary/aromatic N) is 1. The molecular formula is C12H16N2O2. The Morgan fingerprint density at radius 3 is 3.19 bits per heavy atom. The Bertz CT molecular complexity index is 347. The number of carbonyl (C=O) groups excluding carboxylic acids is 1. The molecule has 4 heteroatoms. The number of pyridine rings is 1. The number of hydrogen-bond donors (Lipinski definition) is 1. The number of aromatic nitrogens is 1. The van der Waals surface area contributed by atoms with Crippen LogP contribution in [0.3, 0.4) is 0 Å². The quantitative estimate of drug-likeness (QED) is 0.782. The van der Waals surface area contributed by atoms with Gasteiger partial charge in [0, 0.05) is 18.4 Å². The molecule has 1 fully saturated rings. The van der Waals surface area contributed by atoms with Gasteiger partial charge in [0.1, 0.15) is 6.10 Å². The van der Waals surface area contributed by atoms with Crippen LogP contribution in [0.4, 0.5) is 0 Å². The maximum absolute atomic E-state index is 11.7. The van der Waals surface area contributed by atoms with E-state index in [1.807, 2.05) is 6.92 Å². The molecule has 0 bridgehead atoms. The van der Waals surface area contributed by atoms with Crippen molar-refractivity contribution >= 4 is 5.97 Å². The topological polar surface area (TPSA) is 51.2 Å². The molecular weight excluding hydrogens is 204 g/mol. The lowest BCUT2D eigenvalue weighted by molar-refractivity contribution is 0.0269. The summed E-state index contributed by atoms with van der Waals surface area (Å²) < 4.78 is 5.38. The molecule has 2 rings (SSSR count). The monoisotopic (exact) mass is 220 g/mol. The molecule has 0 amide bonds. The van der Waals surface area contributed by atoms with Crippen LogP contribution in [0.15, 0.2) is 24.5 Å². The predicted molar refractivity (Wildman–Crippen MR) is 60.1 cm³/mol. The van der Waals surface area contributed by atoms with Gasteiger partial charge in [0.2, 0.25) is 0 Å². The van der Waals surface area contributed by atoms with Crippen LogP contribution < -0.4 is 5.32 Å². The minimum Gasteiger partial charge on any atom is -0.457 e. The Balaban J connectivity index is 1.92. The van der Waals surface area contributed by atoms with Gasteiger partial charge in [-0.25, -0.2) is 4.79 Å². The highest BCUT2D eigenvalue weighted by atomic mass is 16.5. The summed E-state index contributed by atoms with van der Waals surface area (Å²) in [5, 5.41) is 3.32. The fourth-order valence-corrected chi connectivity index (χ4v) is 1.91. The number of rotatable bonds is 3. The van der Waals surface area contributed by atoms with Gasteiger partial charge < -0.3 is 10.1 Å². The maximum atomic E-state index is 11.7. The smallest absolute Gasteiger partial charge is 0.340 e. The average Bonchev–Trinajstić information content (AvgIpc) is 2.83. The predicted octanol–water partition coefficient (Wildman–Crippen LogP) is 1.38. The molecule has 0 radical (unpaired) electrons. The molecule has 1 aliphatic heterocycles. The summed E-state index contributed by atoms with van der Waals surface area (Å²) in [5.74, 6) is -0.297. The van der Waals surface area contributed by atoms with E-state index in [9.17, 15) is 4.79 Å². The third kappa shape index (κ3) is 2.58. The Kier molecular flexibility index (Phi) is 3.51. The van der Waals surface area contributed by atoms with Gasteiger partial charge in [-0.3, -0.25) is 4.98 Å². The first kappa shape index (κ1) is 11.1. The van der Waals surface area contributed by atoms with Gasteiger partial charge >= 0.3 is 5.97 Å². The summed E-state index contributed by atoms with van der Waals surface area (Å²) in [6, 6.07) is 3.74. The Morgan fingerprint density at radius 1 is 1.69 bits per heavy atom. The van der Waals surface area contributed by atoms with Crippen molar-refractivity contribution in [2.45, 2.75) is 31.9 Å². The van der Waals surface area contributed by atoms with E-state index >= 15 is 0 Å². The second-order valence-corrected chi connectivity index (χ2v) is 4.05. The average molecular weight is 220 g/mol. The summed E-state index contributed by atoms with van der Waals surface area (Å²) in [4.78, 5) is 15.6. The van der Waals surface area contributed by atoms with Crippen LogP contribution in [0, 0.1) is 0 Å². The fourth-order valence-electron chi connectivity index (χ4n) is 1.91. The van der Waals surface area contributed by atoms with Crippen LogP contribution >= 0.6 is 0 Å². The number of esters is 1. The first-order valence-electron chi connectivity index (χ1n) is 5.62. The number of hydrogen-bond acceptors (Lipinski definition) is 4. The van der Waals surface area contributed by atoms with Crippen molar-refractivity contribution < 1.29 is 9.53 Å². The molecule has 0 spiro atoms. The zero-order chi connectivity index (χ0) is 11.4. The van der Waals surface area contributed by atoms with Gasteiger partial charge in [0.15, 0.2) is 0 Å². The molecule has 1 N–H and O–H groups in total. The van der Waals surface area contributed by atoms with Crippen molar-refractivity contribution in [1.82, 2.24) is 10.3 Å². The van der Waals surface area contributed by atoms with Crippen LogP contribution in [0.2, 0.25) is 0 Å². The van der Waals surface area contributed by atoms with Gasteiger partial charge in [0.05, 0.1) is 5.56 Å². The lowest BCUT2D eigenvalue weighted by Gasteiger charge is -2.19. The third-order valence-electron chi connectivity index (χ3n) is 2.86. The summed E-state index contributed by atoms with van der Waals surface area (Å²) in [5.41, 5.74) is 0.507. The van der Waals surface area contributed by atoms with Gasteiger partial charge in [-0.05, 0) is 38.4 Å². The molecule has 86 valence electrons. The molecule has 2 atom stereocenters. The fraction of sp³-hybridized carbons (Fsp3) is 0.500. The number of ether oxygens (including phenoxy) is 1. The van der Waals surface area contributed by atoms with Crippen molar-refractivity contribution in [3.63, 3.8) is 0 Å². The van der Waals surface area contributed by atoms with E-state index < -0.39 is 0 Å². The normalized spacial score (nSPS) is 21.7. The van der Waals surface area contributed by atoms with Gasteiger partial charge in [-0.15, -0.1) is 0 Å². The van der Waals surface area contributed by atoms with Gasteiger partial charge in [-0.2, -0.15) is 0 Å². The third-order valence-corrected chi connectivity index (χ3v) is 2.86. The van der Waals surface area contributed by atoms with Crippen molar-refractivity contribution in [3.8, 4) is 0 Å². The molecule has 4 nitrogen and oxygen atoms in total. The van der Waals surface area contributed by atoms with Crippen molar-refractivity contribution in [2.24, 2.45) is 0 Å². The number of nitrogens with one attached hydrogen (secondary N) is 1. The minimum absolute atomic E-state index is 0.0878. The van der Waals surface area contributed by atoms with Crippen LogP contribution in [0.1, 0.15) is 30.1 Å². The van der Waals surface area contributed by atoms with E-state index in [-0.39, 0.29) is 12.1 Å². The molecule has 2 heterocycles. The Hall–Kier alpha value is -1.42. The molecule has 2 unspecified atom stereocenters. The van der Waals surface area contributed by atoms with Crippen LogP contribution in [0.25, 0.3) is 0 Å². The van der Waals surface area contributed by atoms with E-state index in [1.165, 1.54) is 6.20 Å². The summed E-state index contributed by atoms with van der Waals surface area (Å²) >= 11 is 0. The molecule has 0 aliphatic carbocycles. The van der Waals surface area contributed by atoms with E-state index in [4.69, 9.17) is 4.74 Å². The van der Waals surface area contributed by atoms with Crippen molar-refractivity contribution in [2.75, 3.05) is 6.54 Å². The summed E-state index contributed by atoms with van der Waals surface area (Å²) in [7, 11) is 0. The van der Waals surface area contributed by atoms with Gasteiger partial charge in [-0.1, -0.05) is 0 Å². The molecule has 1 aliphatic rings. The second kappa shape index (κ2) is 5.07. The van der Waals surface area contributed by atoms with E-state index in [0.717, 1.165) is 19.4 Å². The molecule has 0 aromatic carbocycles. The zero-order valence-corrected chi connectivity index (χ0v) is 9.35. The van der Waals surface area contributed by atoms with E-state index in [2.05, 4.69) is 10.3 Å². The first-order chi connectivity index (χ1) is 7.77. The Morgan fingerprint density at radius 2 is 2.56 bits per heavy atom. The highest BCUT2D eigenvalue weighted by Gasteiger charge is 2.24. The van der Waals surface area contributed by atoms with Crippen LogP contribution in [-0.2, 0) is 4.74 Å². The first-order valence-corrected chi connectivity index (χ1v) is 5.62. The minimum atomic E-state index is -0.297. The molecule has 16 heavy (non-hydrogen) atoms. The molecule has 0 saturated carbocycles. The van der Waals surface area contributed by atoms with Crippen molar-refractivity contribution in [3.05, 3.63) is 30.1 Å². The highest BCUT2D eigenvalue weighted by Crippen LogP contribution is 2.13. The lowest BCUT2D eigenvalue weighted by atomic mass is 10.1. The lowest BCUT2D eigenvalue weighted by Crippen LogP contribution is -2.36. The maximum Gasteiger partial charge on any atom is 0.340 e. The number of carbonyl (C=O) groups is 1. The van der Waals surface area contributed by atoms with Crippen molar-refractivity contribution in [1.29, 1.82) is 0 Å². The van der Waals surface area contributed by atoms with Crippen LogP contribution in [-0.4, -0.2) is 29.6 Å². The second-order valence-electron chi connectivity index (χ2n) is 4.05. The molecule has 1 aromatic rings.